The van der Waals surface area contributed by atoms with E-state index in [-0.39, 0.29) is 5.91 Å². The first-order valence-corrected chi connectivity index (χ1v) is 10.1. The van der Waals surface area contributed by atoms with Crippen molar-refractivity contribution in [1.82, 2.24) is 14.9 Å². The summed E-state index contributed by atoms with van der Waals surface area (Å²) in [6, 6.07) is 7.18. The van der Waals surface area contributed by atoms with Gasteiger partial charge >= 0.3 is 0 Å². The average Bonchev–Trinajstić information content (AvgIpc) is 2.84. The maximum absolute atomic E-state index is 13.0. The highest BCUT2D eigenvalue weighted by atomic mass is 16.5. The van der Waals surface area contributed by atoms with Gasteiger partial charge in [-0.3, -0.25) is 4.79 Å². The number of benzene rings is 1. The lowest BCUT2D eigenvalue weighted by molar-refractivity contribution is 0.0745. The Morgan fingerprint density at radius 1 is 0.933 bits per heavy atom. The van der Waals surface area contributed by atoms with E-state index in [2.05, 4.69) is 14.8 Å². The number of rotatable bonds is 5. The molecule has 9 nitrogen and oxygen atoms in total. The minimum absolute atomic E-state index is 0.0245. The number of piperazine rings is 1. The zero-order valence-electron chi connectivity index (χ0n) is 17.4. The number of ether oxygens (including phenoxy) is 3. The molecular formula is C21H27N5O4. The van der Waals surface area contributed by atoms with Crippen LogP contribution in [0.15, 0.2) is 30.5 Å². The molecule has 0 spiro atoms. The monoisotopic (exact) mass is 413 g/mol. The average molecular weight is 413 g/mol. The summed E-state index contributed by atoms with van der Waals surface area (Å²) < 4.78 is 16.0. The van der Waals surface area contributed by atoms with Gasteiger partial charge in [-0.1, -0.05) is 0 Å². The summed E-state index contributed by atoms with van der Waals surface area (Å²) in [6.45, 7) is 5.67. The molecule has 2 fully saturated rings. The lowest BCUT2D eigenvalue weighted by atomic mass is 10.1. The molecule has 0 bridgehead atoms. The van der Waals surface area contributed by atoms with Gasteiger partial charge in [0.15, 0.2) is 0 Å². The number of morpholine rings is 1. The van der Waals surface area contributed by atoms with Gasteiger partial charge in [0.1, 0.15) is 17.3 Å². The van der Waals surface area contributed by atoms with Gasteiger partial charge in [0, 0.05) is 57.1 Å². The number of aromatic nitrogens is 2. The fourth-order valence-corrected chi connectivity index (χ4v) is 3.68. The number of anilines is 2. The smallest absolute Gasteiger partial charge is 0.254 e. The molecule has 0 aliphatic carbocycles. The highest BCUT2D eigenvalue weighted by molar-refractivity contribution is 5.95. The molecule has 160 valence electrons. The maximum Gasteiger partial charge on any atom is 0.254 e. The molecule has 2 saturated heterocycles. The van der Waals surface area contributed by atoms with Gasteiger partial charge in [0.2, 0.25) is 5.95 Å². The number of hydrogen-bond donors (Lipinski definition) is 0. The molecule has 2 aliphatic heterocycles. The number of carbonyl (C=O) groups is 1. The van der Waals surface area contributed by atoms with Crippen molar-refractivity contribution in [2.75, 3.05) is 76.5 Å². The Morgan fingerprint density at radius 2 is 1.60 bits per heavy atom. The van der Waals surface area contributed by atoms with Crippen LogP contribution in [0.5, 0.6) is 11.5 Å². The molecule has 4 rings (SSSR count). The first-order valence-electron chi connectivity index (χ1n) is 10.1. The van der Waals surface area contributed by atoms with Crippen LogP contribution in [-0.4, -0.2) is 87.5 Å². The van der Waals surface area contributed by atoms with E-state index in [9.17, 15) is 4.79 Å². The molecule has 0 unspecified atom stereocenters. The fraction of sp³-hybridized carbons (Fsp3) is 0.476. The molecule has 1 aromatic heterocycles. The highest BCUT2D eigenvalue weighted by Gasteiger charge is 2.24. The van der Waals surface area contributed by atoms with Gasteiger partial charge < -0.3 is 28.9 Å². The minimum atomic E-state index is -0.0245. The summed E-state index contributed by atoms with van der Waals surface area (Å²) in [5, 5.41) is 0. The van der Waals surface area contributed by atoms with E-state index in [4.69, 9.17) is 19.2 Å². The van der Waals surface area contributed by atoms with Gasteiger partial charge in [-0.25, -0.2) is 4.98 Å². The number of carbonyl (C=O) groups excluding carboxylic acids is 1. The van der Waals surface area contributed by atoms with Crippen LogP contribution in [0.4, 0.5) is 11.8 Å². The summed E-state index contributed by atoms with van der Waals surface area (Å²) in [4.78, 5) is 28.3. The Morgan fingerprint density at radius 3 is 2.23 bits per heavy atom. The predicted molar refractivity (Wildman–Crippen MR) is 113 cm³/mol. The maximum atomic E-state index is 13.0. The van der Waals surface area contributed by atoms with Gasteiger partial charge in [-0.2, -0.15) is 4.98 Å². The molecule has 1 aromatic carbocycles. The quantitative estimate of drug-likeness (QED) is 0.726. The third-order valence-corrected chi connectivity index (χ3v) is 5.41. The summed E-state index contributed by atoms with van der Waals surface area (Å²) in [6.07, 6.45) is 1.80. The van der Waals surface area contributed by atoms with Crippen molar-refractivity contribution in [3.05, 3.63) is 36.0 Å². The molecule has 30 heavy (non-hydrogen) atoms. The lowest BCUT2D eigenvalue weighted by Gasteiger charge is -2.36. The summed E-state index contributed by atoms with van der Waals surface area (Å²) in [5.41, 5.74) is 0.566. The molecule has 9 heteroatoms. The Hall–Kier alpha value is -3.07. The van der Waals surface area contributed by atoms with E-state index in [1.54, 1.807) is 38.6 Å². The Labute approximate surface area is 176 Å². The number of amides is 1. The molecule has 3 heterocycles. The summed E-state index contributed by atoms with van der Waals surface area (Å²) in [5.74, 6) is 2.81. The van der Waals surface area contributed by atoms with Crippen molar-refractivity contribution >= 4 is 17.7 Å². The zero-order valence-corrected chi connectivity index (χ0v) is 17.4. The van der Waals surface area contributed by atoms with Crippen LogP contribution in [0.1, 0.15) is 10.4 Å². The van der Waals surface area contributed by atoms with E-state index in [0.717, 1.165) is 24.9 Å². The van der Waals surface area contributed by atoms with Crippen LogP contribution < -0.4 is 19.3 Å². The molecule has 1 amide bonds. The first kappa shape index (κ1) is 20.2. The Kier molecular flexibility index (Phi) is 6.18. The number of methoxy groups -OCH3 is 2. The van der Waals surface area contributed by atoms with Crippen molar-refractivity contribution < 1.29 is 19.0 Å². The molecular weight excluding hydrogens is 386 g/mol. The van der Waals surface area contributed by atoms with Crippen LogP contribution in [0.2, 0.25) is 0 Å². The van der Waals surface area contributed by atoms with Gasteiger partial charge in [-0.15, -0.1) is 0 Å². The second-order valence-electron chi connectivity index (χ2n) is 7.19. The third kappa shape index (κ3) is 4.40. The molecule has 0 saturated carbocycles. The van der Waals surface area contributed by atoms with Crippen molar-refractivity contribution in [2.24, 2.45) is 0 Å². The van der Waals surface area contributed by atoms with Crippen molar-refractivity contribution in [2.45, 2.75) is 0 Å². The van der Waals surface area contributed by atoms with E-state index in [0.29, 0.717) is 56.5 Å². The van der Waals surface area contributed by atoms with Crippen molar-refractivity contribution in [3.8, 4) is 11.5 Å². The van der Waals surface area contributed by atoms with Crippen molar-refractivity contribution in [1.29, 1.82) is 0 Å². The zero-order chi connectivity index (χ0) is 20.9. The topological polar surface area (TPSA) is 80.3 Å². The van der Waals surface area contributed by atoms with Crippen LogP contribution in [-0.2, 0) is 4.74 Å². The SMILES string of the molecule is COc1cc(OC)cc(C(=O)N2CCN(c3ccnc(N4CCOCC4)n3)CC2)c1. The van der Waals surface area contributed by atoms with Gasteiger partial charge in [-0.05, 0) is 18.2 Å². The normalized spacial score (nSPS) is 17.1. The molecule has 2 aromatic rings. The fourth-order valence-electron chi connectivity index (χ4n) is 3.68. The Balaban J connectivity index is 1.41. The summed E-state index contributed by atoms with van der Waals surface area (Å²) in [7, 11) is 3.16. The lowest BCUT2D eigenvalue weighted by Crippen LogP contribution is -2.49. The van der Waals surface area contributed by atoms with Crippen molar-refractivity contribution in [3.63, 3.8) is 0 Å². The third-order valence-electron chi connectivity index (χ3n) is 5.41. The second-order valence-corrected chi connectivity index (χ2v) is 7.19. The largest absolute Gasteiger partial charge is 0.497 e. The highest BCUT2D eigenvalue weighted by Crippen LogP contribution is 2.24. The van der Waals surface area contributed by atoms with Crippen LogP contribution >= 0.6 is 0 Å². The Bertz CT molecular complexity index is 857. The van der Waals surface area contributed by atoms with E-state index in [1.807, 2.05) is 11.0 Å². The van der Waals surface area contributed by atoms with Crippen LogP contribution in [0.25, 0.3) is 0 Å². The van der Waals surface area contributed by atoms with Gasteiger partial charge in [0.05, 0.1) is 27.4 Å². The van der Waals surface area contributed by atoms with Crippen LogP contribution in [0, 0.1) is 0 Å². The molecule has 0 radical (unpaired) electrons. The van der Waals surface area contributed by atoms with E-state index in [1.165, 1.54) is 0 Å². The van der Waals surface area contributed by atoms with Crippen LogP contribution in [0.3, 0.4) is 0 Å². The molecule has 0 atom stereocenters. The number of nitrogens with zero attached hydrogens (tertiary/aromatic N) is 5. The minimum Gasteiger partial charge on any atom is -0.497 e. The molecule has 0 N–H and O–H groups in total. The van der Waals surface area contributed by atoms with E-state index >= 15 is 0 Å². The van der Waals surface area contributed by atoms with Gasteiger partial charge in [0.25, 0.3) is 5.91 Å². The molecule has 2 aliphatic rings. The number of hydrogen-bond acceptors (Lipinski definition) is 8. The summed E-state index contributed by atoms with van der Waals surface area (Å²) >= 11 is 0. The predicted octanol–water partition coefficient (Wildman–Crippen LogP) is 1.29. The van der Waals surface area contributed by atoms with E-state index < -0.39 is 0 Å². The standard InChI is InChI=1S/C21H27N5O4/c1-28-17-13-16(14-18(15-17)29-2)20(27)25-7-5-24(6-8-25)19-3-4-22-21(23-19)26-9-11-30-12-10-26/h3-4,13-15H,5-12H2,1-2H3. The first-order chi connectivity index (χ1) is 14.7. The second kappa shape index (κ2) is 9.17.